The summed E-state index contributed by atoms with van der Waals surface area (Å²) in [6, 6.07) is 20.0. The van der Waals surface area contributed by atoms with E-state index < -0.39 is 0 Å². The number of aliphatic hydroxyl groups is 1. The van der Waals surface area contributed by atoms with E-state index in [-0.39, 0.29) is 11.7 Å². The van der Waals surface area contributed by atoms with E-state index in [1.165, 1.54) is 18.4 Å². The minimum Gasteiger partial charge on any atom is -0.390 e. The minimum atomic E-state index is -0.389. The molecule has 0 spiro atoms. The van der Waals surface area contributed by atoms with Crippen molar-refractivity contribution in [2.75, 3.05) is 19.6 Å². The molecule has 0 amide bonds. The lowest BCUT2D eigenvalue weighted by molar-refractivity contribution is 0.110. The molecule has 1 N–H and O–H groups in total. The second-order valence-corrected chi connectivity index (χ2v) is 8.86. The van der Waals surface area contributed by atoms with Crippen LogP contribution < -0.4 is 5.56 Å². The molecule has 0 bridgehead atoms. The van der Waals surface area contributed by atoms with E-state index >= 15 is 0 Å². The summed E-state index contributed by atoms with van der Waals surface area (Å²) in [4.78, 5) is 15.2. The minimum absolute atomic E-state index is 0.0529. The topological polar surface area (TPSA) is 50.4 Å². The van der Waals surface area contributed by atoms with Gasteiger partial charge in [0.05, 0.1) is 6.10 Å². The van der Waals surface area contributed by atoms with Crippen molar-refractivity contribution in [1.82, 2.24) is 14.0 Å². The predicted molar refractivity (Wildman–Crippen MR) is 129 cm³/mol. The molecule has 1 saturated heterocycles. The van der Waals surface area contributed by atoms with E-state index in [0.29, 0.717) is 6.54 Å². The molecule has 1 aliphatic rings. The molecule has 5 heteroatoms. The van der Waals surface area contributed by atoms with Crippen molar-refractivity contribution in [3.63, 3.8) is 0 Å². The van der Waals surface area contributed by atoms with E-state index in [0.717, 1.165) is 47.4 Å². The van der Waals surface area contributed by atoms with E-state index in [1.54, 1.807) is 10.6 Å². The van der Waals surface area contributed by atoms with E-state index in [1.807, 2.05) is 54.9 Å². The summed E-state index contributed by atoms with van der Waals surface area (Å²) in [5, 5.41) is 11.6. The van der Waals surface area contributed by atoms with E-state index in [2.05, 4.69) is 28.5 Å². The van der Waals surface area contributed by atoms with Crippen LogP contribution in [0.4, 0.5) is 0 Å². The van der Waals surface area contributed by atoms with Gasteiger partial charge in [0.2, 0.25) is 0 Å². The van der Waals surface area contributed by atoms with Crippen molar-refractivity contribution in [3.8, 4) is 16.8 Å². The lowest BCUT2D eigenvalue weighted by atomic mass is 10.1. The first-order chi connectivity index (χ1) is 15.6. The SMILES string of the molecule is Cc1ccc(-c2ccn(-c3ccc4c(ccn4C[C@H](O)CN4CCCC4)c3)c(=O)c2)cc1. The van der Waals surface area contributed by atoms with Crippen LogP contribution in [0.1, 0.15) is 18.4 Å². The van der Waals surface area contributed by atoms with Crippen LogP contribution in [0.25, 0.3) is 27.7 Å². The van der Waals surface area contributed by atoms with E-state index in [9.17, 15) is 9.90 Å². The number of likely N-dealkylation sites (tertiary alicyclic amines) is 1. The monoisotopic (exact) mass is 427 g/mol. The van der Waals surface area contributed by atoms with Crippen LogP contribution >= 0.6 is 0 Å². The zero-order valence-corrected chi connectivity index (χ0v) is 18.4. The first-order valence-corrected chi connectivity index (χ1v) is 11.4. The largest absolute Gasteiger partial charge is 0.390 e. The number of pyridine rings is 1. The van der Waals surface area contributed by atoms with Crippen molar-refractivity contribution >= 4 is 10.9 Å². The molecule has 5 rings (SSSR count). The molecule has 164 valence electrons. The Labute approximate surface area is 188 Å². The molecule has 1 aliphatic heterocycles. The molecular weight excluding hydrogens is 398 g/mol. The molecule has 1 atom stereocenters. The Morgan fingerprint density at radius 2 is 1.66 bits per heavy atom. The quantitative estimate of drug-likeness (QED) is 0.501. The summed E-state index contributed by atoms with van der Waals surface area (Å²) in [6.45, 7) is 5.53. The standard InChI is InChI=1S/C27H29N3O2/c1-20-4-6-21(7-5-20)22-11-15-30(27(32)17-22)24-8-9-26-23(16-24)10-14-29(26)19-25(31)18-28-12-2-3-13-28/h4-11,14-17,25,31H,2-3,12-13,18-19H2,1H3/t25-/m1/s1. The first kappa shape index (κ1) is 20.7. The number of benzene rings is 2. The molecule has 4 aromatic rings. The van der Waals surface area contributed by atoms with E-state index in [4.69, 9.17) is 0 Å². The molecule has 32 heavy (non-hydrogen) atoms. The number of aliphatic hydroxyl groups excluding tert-OH is 1. The Balaban J connectivity index is 1.37. The number of aromatic nitrogens is 2. The third-order valence-electron chi connectivity index (χ3n) is 6.41. The lowest BCUT2D eigenvalue weighted by Gasteiger charge is -2.20. The zero-order valence-electron chi connectivity index (χ0n) is 18.4. The summed E-state index contributed by atoms with van der Waals surface area (Å²) in [5.41, 5.74) is 5.02. The fourth-order valence-corrected chi connectivity index (χ4v) is 4.66. The number of aryl methyl sites for hydroxylation is 1. The Hall–Kier alpha value is -3.15. The average molecular weight is 428 g/mol. The van der Waals surface area contributed by atoms with Gasteiger partial charge in [-0.25, -0.2) is 0 Å². The van der Waals surface area contributed by atoms with Gasteiger partial charge < -0.3 is 14.6 Å². The van der Waals surface area contributed by atoms with Crippen LogP contribution in [0.5, 0.6) is 0 Å². The summed E-state index contributed by atoms with van der Waals surface area (Å²) >= 11 is 0. The smallest absolute Gasteiger partial charge is 0.255 e. The molecule has 0 saturated carbocycles. The number of hydrogen-bond donors (Lipinski definition) is 1. The Kier molecular flexibility index (Phi) is 5.68. The second kappa shape index (κ2) is 8.77. The van der Waals surface area contributed by atoms with Gasteiger partial charge in [-0.15, -0.1) is 0 Å². The molecule has 2 aromatic carbocycles. The highest BCUT2D eigenvalue weighted by Gasteiger charge is 2.16. The van der Waals surface area contributed by atoms with Crippen molar-refractivity contribution in [2.24, 2.45) is 0 Å². The van der Waals surface area contributed by atoms with Gasteiger partial charge in [-0.05, 0) is 74.3 Å². The third kappa shape index (κ3) is 4.27. The zero-order chi connectivity index (χ0) is 22.1. The number of fused-ring (bicyclic) bond motifs is 1. The molecular formula is C27H29N3O2. The maximum atomic E-state index is 12.9. The highest BCUT2D eigenvalue weighted by Crippen LogP contribution is 2.22. The van der Waals surface area contributed by atoms with Crippen molar-refractivity contribution in [2.45, 2.75) is 32.4 Å². The molecule has 3 heterocycles. The van der Waals surface area contributed by atoms with Crippen LogP contribution in [0.2, 0.25) is 0 Å². The summed E-state index contributed by atoms with van der Waals surface area (Å²) in [5.74, 6) is 0. The van der Waals surface area contributed by atoms with Gasteiger partial charge in [-0.1, -0.05) is 29.8 Å². The van der Waals surface area contributed by atoms with Gasteiger partial charge in [0.25, 0.3) is 5.56 Å². The number of hydrogen-bond acceptors (Lipinski definition) is 3. The van der Waals surface area contributed by atoms with Crippen LogP contribution in [0, 0.1) is 6.92 Å². The normalized spacial score (nSPS) is 15.4. The molecule has 5 nitrogen and oxygen atoms in total. The van der Waals surface area contributed by atoms with Crippen LogP contribution in [-0.4, -0.2) is 44.9 Å². The highest BCUT2D eigenvalue weighted by atomic mass is 16.3. The van der Waals surface area contributed by atoms with Crippen molar-refractivity contribution < 1.29 is 5.11 Å². The van der Waals surface area contributed by atoms with Gasteiger partial charge in [0, 0.05) is 48.1 Å². The molecule has 0 aliphatic carbocycles. The second-order valence-electron chi connectivity index (χ2n) is 8.86. The Morgan fingerprint density at radius 3 is 2.41 bits per heavy atom. The number of nitrogens with zero attached hydrogens (tertiary/aromatic N) is 3. The van der Waals surface area contributed by atoms with Crippen molar-refractivity contribution in [1.29, 1.82) is 0 Å². The van der Waals surface area contributed by atoms with Gasteiger partial charge >= 0.3 is 0 Å². The summed E-state index contributed by atoms with van der Waals surface area (Å²) in [7, 11) is 0. The summed E-state index contributed by atoms with van der Waals surface area (Å²) < 4.78 is 3.78. The Morgan fingerprint density at radius 1 is 0.875 bits per heavy atom. The fraction of sp³-hybridized carbons (Fsp3) is 0.296. The van der Waals surface area contributed by atoms with Gasteiger partial charge in [0.1, 0.15) is 0 Å². The molecule has 0 unspecified atom stereocenters. The van der Waals surface area contributed by atoms with Crippen LogP contribution in [0.15, 0.2) is 77.9 Å². The van der Waals surface area contributed by atoms with Gasteiger partial charge in [-0.3, -0.25) is 9.36 Å². The third-order valence-corrected chi connectivity index (χ3v) is 6.41. The fourth-order valence-electron chi connectivity index (χ4n) is 4.66. The molecule has 0 radical (unpaired) electrons. The average Bonchev–Trinajstić information content (AvgIpc) is 3.44. The molecule has 2 aromatic heterocycles. The maximum Gasteiger partial charge on any atom is 0.255 e. The van der Waals surface area contributed by atoms with Gasteiger partial charge in [-0.2, -0.15) is 0 Å². The molecule has 1 fully saturated rings. The van der Waals surface area contributed by atoms with Crippen LogP contribution in [-0.2, 0) is 6.54 Å². The Bertz CT molecular complexity index is 1280. The van der Waals surface area contributed by atoms with Crippen LogP contribution in [0.3, 0.4) is 0 Å². The van der Waals surface area contributed by atoms with Gasteiger partial charge in [0.15, 0.2) is 0 Å². The first-order valence-electron chi connectivity index (χ1n) is 11.4. The van der Waals surface area contributed by atoms with Crippen molar-refractivity contribution in [3.05, 3.63) is 89.0 Å². The number of β-amino-alcohol motifs (C(OH)–C–C–N with tert-alkyl or cyclic N) is 1. The number of rotatable bonds is 6. The summed E-state index contributed by atoms with van der Waals surface area (Å²) in [6.07, 6.45) is 5.93. The maximum absolute atomic E-state index is 12.9. The predicted octanol–water partition coefficient (Wildman–Crippen LogP) is 4.22. The lowest BCUT2D eigenvalue weighted by Crippen LogP contribution is -2.32. The highest BCUT2D eigenvalue weighted by molar-refractivity contribution is 5.82.